The van der Waals surface area contributed by atoms with Crippen LogP contribution in [0.2, 0.25) is 0 Å². The average molecular weight is 373 g/mol. The molecule has 1 aromatic heterocycles. The third kappa shape index (κ3) is 3.88. The highest BCUT2D eigenvalue weighted by Gasteiger charge is 2.16. The van der Waals surface area contributed by atoms with Crippen LogP contribution in [0.15, 0.2) is 62.2 Å². The summed E-state index contributed by atoms with van der Waals surface area (Å²) in [5.41, 5.74) is 0.672. The lowest BCUT2D eigenvalue weighted by molar-refractivity contribution is 0.293. The molecule has 3 rings (SSSR count). The van der Waals surface area contributed by atoms with Gasteiger partial charge in [0.15, 0.2) is 11.5 Å². The van der Waals surface area contributed by atoms with Crippen molar-refractivity contribution >= 4 is 27.2 Å². The predicted molar refractivity (Wildman–Crippen MR) is 99.8 cm³/mol. The molecule has 7 heteroatoms. The van der Waals surface area contributed by atoms with Crippen molar-refractivity contribution in [1.29, 1.82) is 0 Å². The minimum atomic E-state index is -3.89. The first-order chi connectivity index (χ1) is 12.5. The zero-order valence-corrected chi connectivity index (χ0v) is 15.3. The second kappa shape index (κ2) is 7.61. The molecule has 6 nitrogen and oxygen atoms in total. The van der Waals surface area contributed by atoms with E-state index in [1.165, 1.54) is 25.5 Å². The van der Waals surface area contributed by atoms with Crippen LogP contribution in [0.5, 0.6) is 11.5 Å². The molecule has 2 aromatic carbocycles. The van der Waals surface area contributed by atoms with Crippen molar-refractivity contribution in [2.75, 3.05) is 13.7 Å². The van der Waals surface area contributed by atoms with E-state index in [-0.39, 0.29) is 4.90 Å². The summed E-state index contributed by atoms with van der Waals surface area (Å²) in [4.78, 5) is 0.0248. The third-order valence-corrected chi connectivity index (χ3v) is 4.89. The van der Waals surface area contributed by atoms with Gasteiger partial charge < -0.3 is 13.9 Å². The molecule has 0 amide bonds. The van der Waals surface area contributed by atoms with Crippen molar-refractivity contribution in [2.45, 2.75) is 18.2 Å². The summed E-state index contributed by atoms with van der Waals surface area (Å²) >= 11 is 0. The zero-order valence-electron chi connectivity index (χ0n) is 14.5. The Bertz CT molecular complexity index is 1000. The van der Waals surface area contributed by atoms with Crippen LogP contribution < -0.4 is 9.47 Å². The van der Waals surface area contributed by atoms with Crippen LogP contribution in [0.4, 0.5) is 0 Å². The van der Waals surface area contributed by atoms with Crippen LogP contribution in [0, 0.1) is 0 Å². The van der Waals surface area contributed by atoms with Gasteiger partial charge in [-0.3, -0.25) is 0 Å². The van der Waals surface area contributed by atoms with Gasteiger partial charge in [0.25, 0.3) is 10.0 Å². The minimum Gasteiger partial charge on any atom is -0.493 e. The van der Waals surface area contributed by atoms with Gasteiger partial charge in [-0.1, -0.05) is 25.1 Å². The van der Waals surface area contributed by atoms with Crippen molar-refractivity contribution in [2.24, 2.45) is 4.40 Å². The molecule has 0 unspecified atom stereocenters. The Labute approximate surface area is 152 Å². The van der Waals surface area contributed by atoms with Gasteiger partial charge in [-0.05, 0) is 30.7 Å². The number of para-hydroxylation sites is 1. The largest absolute Gasteiger partial charge is 0.493 e. The molecule has 0 fully saturated rings. The lowest BCUT2D eigenvalue weighted by Gasteiger charge is -2.10. The molecule has 0 saturated heterocycles. The van der Waals surface area contributed by atoms with Crippen molar-refractivity contribution in [3.8, 4) is 11.5 Å². The van der Waals surface area contributed by atoms with E-state index in [0.29, 0.717) is 29.4 Å². The maximum Gasteiger partial charge on any atom is 0.282 e. The van der Waals surface area contributed by atoms with E-state index in [1.807, 2.05) is 31.2 Å². The summed E-state index contributed by atoms with van der Waals surface area (Å²) < 4.78 is 45.1. The number of hydrogen-bond donors (Lipinski definition) is 0. The smallest absolute Gasteiger partial charge is 0.282 e. The zero-order chi connectivity index (χ0) is 18.6. The molecule has 0 spiro atoms. The van der Waals surface area contributed by atoms with Gasteiger partial charge in [-0.15, -0.1) is 0 Å². The first-order valence-electron chi connectivity index (χ1n) is 8.13. The van der Waals surface area contributed by atoms with E-state index < -0.39 is 10.0 Å². The van der Waals surface area contributed by atoms with Gasteiger partial charge in [0, 0.05) is 11.5 Å². The van der Waals surface area contributed by atoms with Gasteiger partial charge >= 0.3 is 0 Å². The van der Waals surface area contributed by atoms with Crippen molar-refractivity contribution in [3.63, 3.8) is 0 Å². The molecule has 1 heterocycles. The van der Waals surface area contributed by atoms with Crippen LogP contribution in [0.25, 0.3) is 11.0 Å². The van der Waals surface area contributed by atoms with Crippen LogP contribution in [0.3, 0.4) is 0 Å². The Hall–Kier alpha value is -2.80. The Balaban J connectivity index is 1.89. The topological polar surface area (TPSA) is 78.1 Å². The van der Waals surface area contributed by atoms with E-state index >= 15 is 0 Å². The monoisotopic (exact) mass is 373 g/mol. The molecular weight excluding hydrogens is 354 g/mol. The molecule has 0 aliphatic rings. The molecule has 0 radical (unpaired) electrons. The SMILES string of the molecule is CCCOc1cc(S(=O)(=O)/N=C/c2cc3ccccc3o2)ccc1OC. The predicted octanol–water partition coefficient (Wildman–Crippen LogP) is 4.04. The second-order valence-corrected chi connectivity index (χ2v) is 7.19. The first-order valence-corrected chi connectivity index (χ1v) is 9.57. The number of nitrogens with zero attached hydrogens (tertiary/aromatic N) is 1. The van der Waals surface area contributed by atoms with E-state index in [4.69, 9.17) is 13.9 Å². The van der Waals surface area contributed by atoms with Gasteiger partial charge in [0.05, 0.1) is 24.8 Å². The van der Waals surface area contributed by atoms with Crippen molar-refractivity contribution in [1.82, 2.24) is 0 Å². The lowest BCUT2D eigenvalue weighted by atomic mass is 10.2. The molecule has 0 bridgehead atoms. The van der Waals surface area contributed by atoms with Crippen LogP contribution >= 0.6 is 0 Å². The Morgan fingerprint density at radius 1 is 1.12 bits per heavy atom. The molecule has 0 aliphatic carbocycles. The summed E-state index contributed by atoms with van der Waals surface area (Å²) in [6.07, 6.45) is 2.00. The number of fused-ring (bicyclic) bond motifs is 1. The van der Waals surface area contributed by atoms with E-state index in [2.05, 4.69) is 4.40 Å². The molecular formula is C19H19NO5S. The van der Waals surface area contributed by atoms with Crippen LogP contribution in [0.1, 0.15) is 19.1 Å². The minimum absolute atomic E-state index is 0.0248. The van der Waals surface area contributed by atoms with Gasteiger partial charge in [0.2, 0.25) is 0 Å². The summed E-state index contributed by atoms with van der Waals surface area (Å²) in [5, 5.41) is 0.881. The number of benzene rings is 2. The molecule has 136 valence electrons. The Morgan fingerprint density at radius 3 is 2.65 bits per heavy atom. The number of sulfonamides is 1. The van der Waals surface area contributed by atoms with E-state index in [1.54, 1.807) is 12.1 Å². The molecule has 0 atom stereocenters. The van der Waals surface area contributed by atoms with Gasteiger partial charge in [-0.25, -0.2) is 0 Å². The summed E-state index contributed by atoms with van der Waals surface area (Å²) in [6, 6.07) is 13.5. The maximum absolute atomic E-state index is 12.5. The maximum atomic E-state index is 12.5. The van der Waals surface area contributed by atoms with Crippen LogP contribution in [-0.4, -0.2) is 28.3 Å². The van der Waals surface area contributed by atoms with Gasteiger partial charge in [0.1, 0.15) is 11.3 Å². The Morgan fingerprint density at radius 2 is 1.92 bits per heavy atom. The first kappa shape index (κ1) is 18.0. The highest BCUT2D eigenvalue weighted by molar-refractivity contribution is 7.90. The number of hydrogen-bond acceptors (Lipinski definition) is 5. The second-order valence-electron chi connectivity index (χ2n) is 5.56. The molecule has 26 heavy (non-hydrogen) atoms. The van der Waals surface area contributed by atoms with Crippen molar-refractivity contribution < 1.29 is 22.3 Å². The summed E-state index contributed by atoms with van der Waals surface area (Å²) in [6.45, 7) is 2.42. The lowest BCUT2D eigenvalue weighted by Crippen LogP contribution is -2.02. The fourth-order valence-electron chi connectivity index (χ4n) is 2.39. The highest BCUT2D eigenvalue weighted by atomic mass is 32.2. The highest BCUT2D eigenvalue weighted by Crippen LogP contribution is 2.30. The number of furan rings is 1. The Kier molecular flexibility index (Phi) is 5.27. The molecule has 0 aliphatic heterocycles. The van der Waals surface area contributed by atoms with Crippen LogP contribution in [-0.2, 0) is 10.0 Å². The number of rotatable bonds is 7. The molecule has 3 aromatic rings. The van der Waals surface area contributed by atoms with E-state index in [0.717, 1.165) is 11.8 Å². The van der Waals surface area contributed by atoms with Gasteiger partial charge in [-0.2, -0.15) is 12.8 Å². The average Bonchev–Trinajstić information content (AvgIpc) is 3.07. The standard InChI is InChI=1S/C19H19NO5S/c1-3-10-24-19-12-16(8-9-18(19)23-2)26(21,22)20-13-15-11-14-6-4-5-7-17(14)25-15/h4-9,11-13H,3,10H2,1-2H3/b20-13+. The quantitative estimate of drug-likeness (QED) is 0.584. The number of methoxy groups -OCH3 is 1. The van der Waals surface area contributed by atoms with E-state index in [9.17, 15) is 8.42 Å². The van der Waals surface area contributed by atoms with Crippen molar-refractivity contribution in [3.05, 3.63) is 54.3 Å². The normalized spacial score (nSPS) is 11.9. The number of ether oxygens (including phenoxy) is 2. The summed E-state index contributed by atoms with van der Waals surface area (Å²) in [5.74, 6) is 1.21. The third-order valence-electron chi connectivity index (χ3n) is 3.66. The fraction of sp³-hybridized carbons (Fsp3) is 0.211. The fourth-order valence-corrected chi connectivity index (χ4v) is 3.25. The summed E-state index contributed by atoms with van der Waals surface area (Å²) in [7, 11) is -2.39. The molecule has 0 saturated carbocycles. The molecule has 0 N–H and O–H groups in total.